The molecule has 5 nitrogen and oxygen atoms in total. The molecule has 0 bridgehead atoms. The molecule has 102 valence electrons. The number of aromatic nitrogens is 1. The van der Waals surface area contributed by atoms with Gasteiger partial charge in [-0.05, 0) is 26.2 Å². The minimum Gasteiger partial charge on any atom is -0.368 e. The van der Waals surface area contributed by atoms with Gasteiger partial charge in [0.05, 0.1) is 11.8 Å². The molecule has 0 aliphatic carbocycles. The van der Waals surface area contributed by atoms with E-state index in [4.69, 9.17) is 19.7 Å². The normalized spacial score (nSPS) is 22.9. The molecule has 5 heteroatoms. The van der Waals surface area contributed by atoms with Gasteiger partial charge in [-0.2, -0.15) is 0 Å². The second-order valence-electron chi connectivity index (χ2n) is 5.41. The number of nitrogen functional groups attached to an aromatic ring is 1. The monoisotopic (exact) mass is 254 g/mol. The summed E-state index contributed by atoms with van der Waals surface area (Å²) in [6.07, 6.45) is 3.12. The Morgan fingerprint density at radius 3 is 2.83 bits per heavy atom. The zero-order valence-corrected chi connectivity index (χ0v) is 11.3. The van der Waals surface area contributed by atoms with Gasteiger partial charge in [0, 0.05) is 18.1 Å². The Labute approximate surface area is 108 Å². The molecule has 1 aliphatic rings. The Kier molecular flexibility index (Phi) is 3.92. The van der Waals surface area contributed by atoms with Crippen LogP contribution in [0.1, 0.15) is 45.7 Å². The maximum atomic E-state index is 5.98. The summed E-state index contributed by atoms with van der Waals surface area (Å²) in [5.74, 6) is 0.333. The molecule has 1 aromatic rings. The third kappa shape index (κ3) is 2.84. The summed E-state index contributed by atoms with van der Waals surface area (Å²) >= 11 is 0. The van der Waals surface area contributed by atoms with Gasteiger partial charge in [-0.3, -0.25) is 0 Å². The van der Waals surface area contributed by atoms with Crippen LogP contribution in [0.3, 0.4) is 0 Å². The summed E-state index contributed by atoms with van der Waals surface area (Å²) in [7, 11) is 0. The molecule has 2 atom stereocenters. The molecule has 0 radical (unpaired) electrons. The van der Waals surface area contributed by atoms with Gasteiger partial charge in [-0.25, -0.2) is 0 Å². The van der Waals surface area contributed by atoms with E-state index >= 15 is 0 Å². The molecule has 2 heterocycles. The predicted molar refractivity (Wildman–Crippen MR) is 68.1 cm³/mol. The minimum absolute atomic E-state index is 0.0231. The van der Waals surface area contributed by atoms with E-state index in [0.717, 1.165) is 31.6 Å². The first-order valence-corrected chi connectivity index (χ1v) is 6.50. The Morgan fingerprint density at radius 1 is 1.50 bits per heavy atom. The van der Waals surface area contributed by atoms with Crippen LogP contribution in [0.4, 0.5) is 5.88 Å². The summed E-state index contributed by atoms with van der Waals surface area (Å²) in [5, 5.41) is 3.98. The Hall–Kier alpha value is -1.07. The fraction of sp³-hybridized carbons (Fsp3) is 0.769. The second-order valence-corrected chi connectivity index (χ2v) is 5.41. The van der Waals surface area contributed by atoms with Crippen molar-refractivity contribution in [3.63, 3.8) is 0 Å². The Morgan fingerprint density at radius 2 is 2.28 bits per heavy atom. The first-order valence-electron chi connectivity index (χ1n) is 6.50. The highest BCUT2D eigenvalue weighted by molar-refractivity contribution is 5.29. The van der Waals surface area contributed by atoms with Gasteiger partial charge in [0.1, 0.15) is 0 Å². The summed E-state index contributed by atoms with van der Waals surface area (Å²) in [5.41, 5.74) is 6.11. The molecule has 0 aromatic carbocycles. The second kappa shape index (κ2) is 5.28. The van der Waals surface area contributed by atoms with Crippen LogP contribution < -0.4 is 5.73 Å². The zero-order chi connectivity index (χ0) is 13.2. The molecule has 1 aliphatic heterocycles. The van der Waals surface area contributed by atoms with Crippen molar-refractivity contribution in [1.82, 2.24) is 5.16 Å². The molecule has 0 spiro atoms. The van der Waals surface area contributed by atoms with Gasteiger partial charge in [0.2, 0.25) is 5.88 Å². The predicted octanol–water partition coefficient (Wildman–Crippen LogP) is 2.47. The van der Waals surface area contributed by atoms with E-state index in [9.17, 15) is 0 Å². The first-order chi connectivity index (χ1) is 8.50. The van der Waals surface area contributed by atoms with Crippen LogP contribution in [0.15, 0.2) is 10.6 Å². The summed E-state index contributed by atoms with van der Waals surface area (Å²) in [4.78, 5) is 0. The average molecular weight is 254 g/mol. The average Bonchev–Trinajstić information content (AvgIpc) is 2.78. The van der Waals surface area contributed by atoms with E-state index in [1.807, 2.05) is 6.92 Å². The topological polar surface area (TPSA) is 70.5 Å². The highest BCUT2D eigenvalue weighted by atomic mass is 16.7. The maximum Gasteiger partial charge on any atom is 0.222 e. The van der Waals surface area contributed by atoms with E-state index < -0.39 is 0 Å². The van der Waals surface area contributed by atoms with Gasteiger partial charge < -0.3 is 19.7 Å². The van der Waals surface area contributed by atoms with Crippen LogP contribution >= 0.6 is 0 Å². The van der Waals surface area contributed by atoms with Gasteiger partial charge in [0.25, 0.3) is 0 Å². The van der Waals surface area contributed by atoms with E-state index in [1.165, 1.54) is 0 Å². The number of rotatable bonds is 4. The lowest BCUT2D eigenvalue weighted by Gasteiger charge is -2.34. The first kappa shape index (κ1) is 13.4. The van der Waals surface area contributed by atoms with Gasteiger partial charge in [-0.1, -0.05) is 19.0 Å². The Bertz CT molecular complexity index is 383. The lowest BCUT2D eigenvalue weighted by molar-refractivity contribution is -0.196. The zero-order valence-electron chi connectivity index (χ0n) is 11.3. The van der Waals surface area contributed by atoms with Crippen molar-refractivity contribution in [2.75, 3.05) is 12.3 Å². The molecule has 0 amide bonds. The van der Waals surface area contributed by atoms with Crippen LogP contribution in [0, 0.1) is 0 Å². The lowest BCUT2D eigenvalue weighted by atomic mass is 9.84. The standard InChI is InChI=1S/C13H22N2O3/c1-9(17-12-6-4-5-7-16-12)13(2,3)10-8-11(14)18-15-10/h8-9,12H,4-7,14H2,1-3H3/t9-,12?/m0/s1. The highest BCUT2D eigenvalue weighted by Crippen LogP contribution is 2.31. The Balaban J connectivity index is 2.00. The largest absolute Gasteiger partial charge is 0.368 e. The van der Waals surface area contributed by atoms with Gasteiger partial charge in [-0.15, -0.1) is 0 Å². The molecular formula is C13H22N2O3. The van der Waals surface area contributed by atoms with Crippen LogP contribution in [0.25, 0.3) is 0 Å². The molecule has 2 N–H and O–H groups in total. The van der Waals surface area contributed by atoms with Crippen molar-refractivity contribution in [1.29, 1.82) is 0 Å². The summed E-state index contributed by atoms with van der Waals surface area (Å²) in [6.45, 7) is 6.95. The molecule has 1 saturated heterocycles. The molecule has 1 unspecified atom stereocenters. The SMILES string of the molecule is C[C@H](OC1CCCCO1)C(C)(C)c1cc(N)on1. The minimum atomic E-state index is -0.262. The third-order valence-corrected chi connectivity index (χ3v) is 3.70. The molecule has 2 rings (SSSR count). The highest BCUT2D eigenvalue weighted by Gasteiger charge is 2.34. The van der Waals surface area contributed by atoms with Crippen molar-refractivity contribution in [2.24, 2.45) is 0 Å². The van der Waals surface area contributed by atoms with Crippen molar-refractivity contribution in [3.05, 3.63) is 11.8 Å². The number of hydrogen-bond acceptors (Lipinski definition) is 5. The number of nitrogens with two attached hydrogens (primary N) is 1. The molecule has 18 heavy (non-hydrogen) atoms. The maximum absolute atomic E-state index is 5.98. The van der Waals surface area contributed by atoms with E-state index in [2.05, 4.69) is 19.0 Å². The smallest absolute Gasteiger partial charge is 0.222 e. The van der Waals surface area contributed by atoms with Crippen molar-refractivity contribution >= 4 is 5.88 Å². The van der Waals surface area contributed by atoms with Crippen LogP contribution in [-0.2, 0) is 14.9 Å². The number of anilines is 1. The van der Waals surface area contributed by atoms with Crippen LogP contribution in [0.2, 0.25) is 0 Å². The molecule has 0 saturated carbocycles. The molecule has 1 aromatic heterocycles. The molecule has 1 fully saturated rings. The van der Waals surface area contributed by atoms with Gasteiger partial charge >= 0.3 is 0 Å². The van der Waals surface area contributed by atoms with Crippen molar-refractivity contribution in [3.8, 4) is 0 Å². The number of hydrogen-bond donors (Lipinski definition) is 1. The van der Waals surface area contributed by atoms with Crippen LogP contribution in [-0.4, -0.2) is 24.2 Å². The fourth-order valence-corrected chi connectivity index (χ4v) is 2.02. The van der Waals surface area contributed by atoms with Crippen molar-refractivity contribution in [2.45, 2.75) is 57.8 Å². The summed E-state index contributed by atoms with van der Waals surface area (Å²) in [6, 6.07) is 1.75. The summed E-state index contributed by atoms with van der Waals surface area (Å²) < 4.78 is 16.5. The number of ether oxygens (including phenoxy) is 2. The fourth-order valence-electron chi connectivity index (χ4n) is 2.02. The molecular weight excluding hydrogens is 232 g/mol. The quantitative estimate of drug-likeness (QED) is 0.893. The lowest BCUT2D eigenvalue weighted by Crippen LogP contribution is -2.38. The van der Waals surface area contributed by atoms with Gasteiger partial charge in [0.15, 0.2) is 6.29 Å². The van der Waals surface area contributed by atoms with E-state index in [1.54, 1.807) is 6.07 Å². The van der Waals surface area contributed by atoms with E-state index in [-0.39, 0.29) is 17.8 Å². The van der Waals surface area contributed by atoms with Crippen LogP contribution in [0.5, 0.6) is 0 Å². The number of nitrogens with zero attached hydrogens (tertiary/aromatic N) is 1. The van der Waals surface area contributed by atoms with Crippen molar-refractivity contribution < 1.29 is 14.0 Å². The van der Waals surface area contributed by atoms with E-state index in [0.29, 0.717) is 5.88 Å². The third-order valence-electron chi connectivity index (χ3n) is 3.70.